The van der Waals surface area contributed by atoms with Crippen LogP contribution in [0.25, 0.3) is 146 Å². The Bertz CT molecular complexity index is 4720. The van der Waals surface area contributed by atoms with E-state index >= 15 is 0 Å². The molecule has 1 aliphatic rings. The average molecular weight is 918 g/mol. The molecule has 71 heavy (non-hydrogen) atoms. The Balaban J connectivity index is 0.837. The summed E-state index contributed by atoms with van der Waals surface area (Å²) in [6, 6.07) is 84.8. The van der Waals surface area contributed by atoms with Gasteiger partial charge in [0.25, 0.3) is 0 Å². The van der Waals surface area contributed by atoms with Crippen molar-refractivity contribution < 1.29 is 0 Å². The van der Waals surface area contributed by atoms with Gasteiger partial charge in [-0.05, 0) is 153 Å². The van der Waals surface area contributed by atoms with E-state index in [2.05, 4.69) is 243 Å². The number of nitrogens with zero attached hydrogens (tertiary/aromatic N) is 1. The van der Waals surface area contributed by atoms with Gasteiger partial charge in [-0.2, -0.15) is 0 Å². The molecule has 1 aliphatic carbocycles. The summed E-state index contributed by atoms with van der Waals surface area (Å²) in [7, 11) is 0. The second kappa shape index (κ2) is 14.3. The molecule has 0 atom stereocenters. The molecule has 0 radical (unpaired) electrons. The van der Waals surface area contributed by atoms with Crippen LogP contribution in [-0.4, -0.2) is 4.57 Å². The van der Waals surface area contributed by atoms with E-state index in [9.17, 15) is 0 Å². The summed E-state index contributed by atoms with van der Waals surface area (Å²) in [6.45, 7) is 4.83. The van der Waals surface area contributed by atoms with Gasteiger partial charge < -0.3 is 4.57 Å². The number of thiophene rings is 1. The predicted molar refractivity (Wildman–Crippen MR) is 306 cm³/mol. The van der Waals surface area contributed by atoms with Crippen molar-refractivity contribution in [3.63, 3.8) is 0 Å². The van der Waals surface area contributed by atoms with Crippen LogP contribution in [0, 0.1) is 0 Å². The molecule has 2 heteroatoms. The van der Waals surface area contributed by atoms with Crippen molar-refractivity contribution in [2.24, 2.45) is 0 Å². The van der Waals surface area contributed by atoms with Gasteiger partial charge in [0.1, 0.15) is 0 Å². The molecule has 0 fully saturated rings. The highest BCUT2D eigenvalue weighted by molar-refractivity contribution is 7.26. The maximum atomic E-state index is 2.53. The molecule has 0 amide bonds. The highest BCUT2D eigenvalue weighted by Gasteiger charge is 2.36. The summed E-state index contributed by atoms with van der Waals surface area (Å²) in [6.07, 6.45) is 0. The van der Waals surface area contributed by atoms with Crippen molar-refractivity contribution in [3.8, 4) is 50.2 Å². The predicted octanol–water partition coefficient (Wildman–Crippen LogP) is 19.7. The standard InChI is InChI=1S/C69H43NS/c1-69(2)57-36-43(28-31-46(57)47-32-29-44(37-58(47)69)65-51-21-8-6-19-49(51)64(40-15-4-3-5-16-40)50-20-7-9-22-52(50)65)42-30-34-60-56(35-42)48-18-10-12-25-59(48)70(60)61-38-45-39-63-68(54-23-11-13-26-62(54)71-63)55-33-27-41-17-14-24-53(61)66(41)67(45)55/h3-39H,1-2H3. The van der Waals surface area contributed by atoms with Gasteiger partial charge in [-0.15, -0.1) is 11.3 Å². The third-order valence-electron chi connectivity index (χ3n) is 16.3. The smallest absolute Gasteiger partial charge is 0.0547 e. The number of fused-ring (bicyclic) bond motifs is 12. The minimum Gasteiger partial charge on any atom is -0.309 e. The highest BCUT2D eigenvalue weighted by atomic mass is 32.1. The lowest BCUT2D eigenvalue weighted by Gasteiger charge is -2.23. The zero-order valence-corrected chi connectivity index (χ0v) is 40.0. The number of hydrogen-bond donors (Lipinski definition) is 0. The molecule has 0 spiro atoms. The Kier molecular flexibility index (Phi) is 7.90. The maximum Gasteiger partial charge on any atom is 0.0547 e. The van der Waals surface area contributed by atoms with Crippen LogP contribution in [0.4, 0.5) is 0 Å². The molecule has 16 rings (SSSR count). The van der Waals surface area contributed by atoms with Crippen LogP contribution in [0.1, 0.15) is 25.0 Å². The van der Waals surface area contributed by atoms with Crippen LogP contribution >= 0.6 is 11.3 Å². The van der Waals surface area contributed by atoms with Crippen molar-refractivity contribution in [2.75, 3.05) is 0 Å². The van der Waals surface area contributed by atoms with Crippen LogP contribution < -0.4 is 0 Å². The monoisotopic (exact) mass is 917 g/mol. The van der Waals surface area contributed by atoms with E-state index in [1.807, 2.05) is 11.3 Å². The normalized spacial score (nSPS) is 13.3. The molecular formula is C69H43NS. The van der Waals surface area contributed by atoms with Crippen LogP contribution in [-0.2, 0) is 5.41 Å². The molecule has 2 heterocycles. The molecule has 0 saturated heterocycles. The zero-order chi connectivity index (χ0) is 46.7. The van der Waals surface area contributed by atoms with Gasteiger partial charge in [0, 0.05) is 41.7 Å². The van der Waals surface area contributed by atoms with Crippen molar-refractivity contribution in [2.45, 2.75) is 19.3 Å². The van der Waals surface area contributed by atoms with E-state index in [1.54, 1.807) is 0 Å². The van der Waals surface area contributed by atoms with E-state index in [0.29, 0.717) is 0 Å². The lowest BCUT2D eigenvalue weighted by molar-refractivity contribution is 0.661. The number of rotatable bonds is 4. The maximum absolute atomic E-state index is 2.53. The SMILES string of the molecule is CC1(C)c2cc(-c3ccc4c(c3)c3ccccc3n4-c3cc4cc5sc6ccccc6c5c5ccc6cccc3c6c45)ccc2-c2ccc(-c3c4ccccc4c(-c4ccccc4)c4ccccc34)cc21. The summed E-state index contributed by atoms with van der Waals surface area (Å²) < 4.78 is 5.21. The lowest BCUT2D eigenvalue weighted by atomic mass is 9.80. The molecule has 2 aromatic heterocycles. The van der Waals surface area contributed by atoms with Crippen molar-refractivity contribution >= 4 is 107 Å². The van der Waals surface area contributed by atoms with Crippen LogP contribution in [0.5, 0.6) is 0 Å². The molecule has 13 aromatic carbocycles. The van der Waals surface area contributed by atoms with Gasteiger partial charge in [-0.25, -0.2) is 0 Å². The number of aromatic nitrogens is 1. The van der Waals surface area contributed by atoms with E-state index in [-0.39, 0.29) is 5.41 Å². The number of benzene rings is 13. The summed E-state index contributed by atoms with van der Waals surface area (Å²) in [5.41, 5.74) is 16.4. The first kappa shape index (κ1) is 39.3. The van der Waals surface area contributed by atoms with Crippen LogP contribution in [0.2, 0.25) is 0 Å². The van der Waals surface area contributed by atoms with E-state index < -0.39 is 0 Å². The van der Waals surface area contributed by atoms with Gasteiger partial charge in [0.15, 0.2) is 0 Å². The van der Waals surface area contributed by atoms with E-state index in [0.717, 1.165) is 0 Å². The minimum absolute atomic E-state index is 0.207. The Morgan fingerprint density at radius 3 is 1.63 bits per heavy atom. The Morgan fingerprint density at radius 2 is 0.887 bits per heavy atom. The Hall–Kier alpha value is -8.56. The summed E-state index contributed by atoms with van der Waals surface area (Å²) in [4.78, 5) is 0. The van der Waals surface area contributed by atoms with E-state index in [1.165, 1.54) is 157 Å². The summed E-state index contributed by atoms with van der Waals surface area (Å²) >= 11 is 1.90. The van der Waals surface area contributed by atoms with Crippen molar-refractivity contribution in [3.05, 3.63) is 236 Å². The fourth-order valence-corrected chi connectivity index (χ4v) is 14.3. The quantitative estimate of drug-likeness (QED) is 0.122. The second-order valence-electron chi connectivity index (χ2n) is 20.3. The molecule has 0 unspecified atom stereocenters. The minimum atomic E-state index is -0.207. The van der Waals surface area contributed by atoms with Crippen molar-refractivity contribution in [1.82, 2.24) is 4.57 Å². The fourth-order valence-electron chi connectivity index (χ4n) is 13.1. The molecule has 0 bridgehead atoms. The van der Waals surface area contributed by atoms with Crippen LogP contribution in [0.15, 0.2) is 224 Å². The first-order valence-corrected chi connectivity index (χ1v) is 25.6. The third-order valence-corrected chi connectivity index (χ3v) is 17.4. The molecule has 330 valence electrons. The first-order chi connectivity index (χ1) is 35.0. The molecule has 0 N–H and O–H groups in total. The van der Waals surface area contributed by atoms with Gasteiger partial charge in [-0.1, -0.05) is 190 Å². The summed E-state index contributed by atoms with van der Waals surface area (Å²) in [5, 5.41) is 18.3. The Morgan fingerprint density at radius 1 is 0.324 bits per heavy atom. The first-order valence-electron chi connectivity index (χ1n) is 24.8. The molecule has 0 aliphatic heterocycles. The Labute approximate surface area is 414 Å². The average Bonchev–Trinajstić information content (AvgIpc) is 4.03. The van der Waals surface area contributed by atoms with Gasteiger partial charge in [-0.3, -0.25) is 0 Å². The largest absolute Gasteiger partial charge is 0.309 e. The number of hydrogen-bond acceptors (Lipinski definition) is 1. The van der Waals surface area contributed by atoms with E-state index in [4.69, 9.17) is 0 Å². The lowest BCUT2D eigenvalue weighted by Crippen LogP contribution is -2.15. The highest BCUT2D eigenvalue weighted by Crippen LogP contribution is 2.53. The molecule has 1 nitrogen and oxygen atoms in total. The molecule has 0 saturated carbocycles. The third kappa shape index (κ3) is 5.35. The topological polar surface area (TPSA) is 4.93 Å². The van der Waals surface area contributed by atoms with Gasteiger partial charge in [0.2, 0.25) is 0 Å². The van der Waals surface area contributed by atoms with Crippen LogP contribution in [0.3, 0.4) is 0 Å². The second-order valence-corrected chi connectivity index (χ2v) is 21.4. The molecule has 15 aromatic rings. The van der Waals surface area contributed by atoms with Crippen molar-refractivity contribution in [1.29, 1.82) is 0 Å². The summed E-state index contributed by atoms with van der Waals surface area (Å²) in [5.74, 6) is 0. The van der Waals surface area contributed by atoms with Gasteiger partial charge >= 0.3 is 0 Å². The zero-order valence-electron chi connectivity index (χ0n) is 39.2. The van der Waals surface area contributed by atoms with Gasteiger partial charge in [0.05, 0.1) is 16.7 Å². The number of para-hydroxylation sites is 1. The fraction of sp³-hybridized carbons (Fsp3) is 0.0435. The molecular weight excluding hydrogens is 875 g/mol.